The highest BCUT2D eigenvalue weighted by Gasteiger charge is 2.08. The number of rotatable bonds is 6. The minimum Gasteiger partial charge on any atom is -0.402 e. The number of nitrogens with one attached hydrogen (secondary N) is 1. The maximum absolute atomic E-state index is 11.6. The summed E-state index contributed by atoms with van der Waals surface area (Å²) >= 11 is 0. The van der Waals surface area contributed by atoms with Gasteiger partial charge in [0.15, 0.2) is 0 Å². The van der Waals surface area contributed by atoms with Gasteiger partial charge in [-0.2, -0.15) is 0 Å². The molecule has 0 aliphatic carbocycles. The van der Waals surface area contributed by atoms with Crippen molar-refractivity contribution in [3.63, 3.8) is 0 Å². The largest absolute Gasteiger partial charge is 0.402 e. The molecule has 5 N–H and O–H groups in total. The molecule has 0 radical (unpaired) electrons. The van der Waals surface area contributed by atoms with Crippen LogP contribution in [0.4, 0.5) is 0 Å². The van der Waals surface area contributed by atoms with E-state index in [2.05, 4.69) is 12.2 Å². The molecule has 1 amide bonds. The number of hydrogen-bond donors (Lipinski definition) is 3. The van der Waals surface area contributed by atoms with Gasteiger partial charge in [0, 0.05) is 11.7 Å². The molecule has 0 aromatic rings. The number of allylic oxidation sites excluding steroid dienone is 3. The number of carbonyl (C=O) groups is 1. The van der Waals surface area contributed by atoms with Crippen molar-refractivity contribution in [2.45, 2.75) is 46.1 Å². The van der Waals surface area contributed by atoms with Gasteiger partial charge in [-0.1, -0.05) is 19.8 Å². The van der Waals surface area contributed by atoms with Crippen LogP contribution < -0.4 is 16.8 Å². The second kappa shape index (κ2) is 7.79. The molecular formula is C12H23N3O. The Balaban J connectivity index is 4.15. The Morgan fingerprint density at radius 2 is 2.00 bits per heavy atom. The molecule has 0 aromatic heterocycles. The highest BCUT2D eigenvalue weighted by Crippen LogP contribution is 2.00. The maximum atomic E-state index is 11.6. The molecule has 0 aromatic carbocycles. The van der Waals surface area contributed by atoms with E-state index in [0.717, 1.165) is 19.3 Å². The molecule has 0 saturated carbocycles. The standard InChI is InChI=1S/C12H23N3O/c1-4-5-6-10(3)15-12(16)11(14)8-7-9(2)13/h7-8,10H,4-6,13-14H2,1-3H3,(H,15,16)/b9-7-,11-8-. The number of nitrogens with two attached hydrogens (primary N) is 2. The van der Waals surface area contributed by atoms with Gasteiger partial charge in [-0.15, -0.1) is 0 Å². The molecule has 4 heteroatoms. The van der Waals surface area contributed by atoms with Crippen LogP contribution >= 0.6 is 0 Å². The molecule has 0 aliphatic rings. The first kappa shape index (κ1) is 14.6. The summed E-state index contributed by atoms with van der Waals surface area (Å²) in [5.41, 5.74) is 11.8. The SMILES string of the molecule is CCCCC(C)NC(=O)/C(N)=C/C=C(/C)N. The zero-order chi connectivity index (χ0) is 12.6. The van der Waals surface area contributed by atoms with E-state index in [9.17, 15) is 4.79 Å². The Kier molecular flexibility index (Phi) is 7.09. The van der Waals surface area contributed by atoms with Crippen molar-refractivity contribution in [1.29, 1.82) is 0 Å². The van der Waals surface area contributed by atoms with Crippen LogP contribution in [0.2, 0.25) is 0 Å². The van der Waals surface area contributed by atoms with Crippen LogP contribution in [0.1, 0.15) is 40.0 Å². The minimum absolute atomic E-state index is 0.155. The van der Waals surface area contributed by atoms with Crippen LogP contribution in [0.5, 0.6) is 0 Å². The maximum Gasteiger partial charge on any atom is 0.267 e. The molecule has 92 valence electrons. The monoisotopic (exact) mass is 225 g/mol. The molecule has 0 saturated heterocycles. The molecule has 0 spiro atoms. The lowest BCUT2D eigenvalue weighted by atomic mass is 10.1. The fourth-order valence-electron chi connectivity index (χ4n) is 1.19. The van der Waals surface area contributed by atoms with Gasteiger partial charge in [-0.3, -0.25) is 4.79 Å². The van der Waals surface area contributed by atoms with Crippen molar-refractivity contribution >= 4 is 5.91 Å². The van der Waals surface area contributed by atoms with E-state index in [1.54, 1.807) is 13.0 Å². The Bertz CT molecular complexity index is 278. The molecule has 0 heterocycles. The lowest BCUT2D eigenvalue weighted by molar-refractivity contribution is -0.118. The molecule has 0 bridgehead atoms. The Hall–Kier alpha value is -1.45. The first-order valence-corrected chi connectivity index (χ1v) is 5.67. The third kappa shape index (κ3) is 6.92. The fraction of sp³-hybridized carbons (Fsp3) is 0.583. The highest BCUT2D eigenvalue weighted by atomic mass is 16.2. The summed E-state index contributed by atoms with van der Waals surface area (Å²) < 4.78 is 0. The van der Waals surface area contributed by atoms with Crippen molar-refractivity contribution in [3.8, 4) is 0 Å². The lowest BCUT2D eigenvalue weighted by Crippen LogP contribution is -2.35. The molecule has 0 rings (SSSR count). The summed E-state index contributed by atoms with van der Waals surface area (Å²) in [6, 6.07) is 0.155. The van der Waals surface area contributed by atoms with Gasteiger partial charge in [0.2, 0.25) is 0 Å². The molecular weight excluding hydrogens is 202 g/mol. The first-order valence-electron chi connectivity index (χ1n) is 5.67. The summed E-state index contributed by atoms with van der Waals surface area (Å²) in [7, 11) is 0. The summed E-state index contributed by atoms with van der Waals surface area (Å²) in [6.07, 6.45) is 6.34. The molecule has 16 heavy (non-hydrogen) atoms. The van der Waals surface area contributed by atoms with Crippen LogP contribution in [0.3, 0.4) is 0 Å². The first-order chi connectivity index (χ1) is 7.47. The van der Waals surface area contributed by atoms with Gasteiger partial charge in [-0.25, -0.2) is 0 Å². The molecule has 0 fully saturated rings. The normalized spacial score (nSPS) is 14.7. The minimum atomic E-state index is -0.235. The average molecular weight is 225 g/mol. The van der Waals surface area contributed by atoms with Crippen molar-refractivity contribution in [1.82, 2.24) is 5.32 Å². The zero-order valence-electron chi connectivity index (χ0n) is 10.4. The summed E-state index contributed by atoms with van der Waals surface area (Å²) in [4.78, 5) is 11.6. The predicted octanol–water partition coefficient (Wildman–Crippen LogP) is 1.39. The van der Waals surface area contributed by atoms with E-state index in [1.807, 2.05) is 6.92 Å². The smallest absolute Gasteiger partial charge is 0.267 e. The van der Waals surface area contributed by atoms with Crippen LogP contribution in [-0.2, 0) is 4.79 Å². The molecule has 1 unspecified atom stereocenters. The van der Waals surface area contributed by atoms with E-state index in [4.69, 9.17) is 11.5 Å². The van der Waals surface area contributed by atoms with Gasteiger partial charge in [0.1, 0.15) is 0 Å². The molecule has 0 aliphatic heterocycles. The second-order valence-electron chi connectivity index (χ2n) is 4.05. The van der Waals surface area contributed by atoms with Crippen LogP contribution in [0.25, 0.3) is 0 Å². The Labute approximate surface area is 97.8 Å². The summed E-state index contributed by atoms with van der Waals surface area (Å²) in [6.45, 7) is 5.84. The van der Waals surface area contributed by atoms with Crippen molar-refractivity contribution < 1.29 is 4.79 Å². The van der Waals surface area contributed by atoms with E-state index < -0.39 is 0 Å². The number of carbonyl (C=O) groups excluding carboxylic acids is 1. The topological polar surface area (TPSA) is 81.1 Å². The van der Waals surface area contributed by atoms with Crippen molar-refractivity contribution in [2.24, 2.45) is 11.5 Å². The third-order valence-electron chi connectivity index (χ3n) is 2.16. The van der Waals surface area contributed by atoms with E-state index in [0.29, 0.717) is 5.70 Å². The zero-order valence-corrected chi connectivity index (χ0v) is 10.4. The second-order valence-corrected chi connectivity index (χ2v) is 4.05. The van der Waals surface area contributed by atoms with E-state index in [1.165, 1.54) is 6.08 Å². The average Bonchev–Trinajstić information content (AvgIpc) is 2.22. The fourth-order valence-corrected chi connectivity index (χ4v) is 1.19. The van der Waals surface area contributed by atoms with Crippen LogP contribution in [-0.4, -0.2) is 11.9 Å². The molecule has 4 nitrogen and oxygen atoms in total. The predicted molar refractivity (Wildman–Crippen MR) is 67.3 cm³/mol. The van der Waals surface area contributed by atoms with Gasteiger partial charge >= 0.3 is 0 Å². The van der Waals surface area contributed by atoms with Crippen LogP contribution in [0, 0.1) is 0 Å². The Morgan fingerprint density at radius 3 is 2.50 bits per heavy atom. The summed E-state index contributed by atoms with van der Waals surface area (Å²) in [5, 5.41) is 2.84. The van der Waals surface area contributed by atoms with Gasteiger partial charge in [0.05, 0.1) is 5.70 Å². The van der Waals surface area contributed by atoms with E-state index >= 15 is 0 Å². The van der Waals surface area contributed by atoms with E-state index in [-0.39, 0.29) is 17.6 Å². The van der Waals surface area contributed by atoms with Crippen molar-refractivity contribution in [3.05, 3.63) is 23.5 Å². The number of unbranched alkanes of at least 4 members (excludes halogenated alkanes) is 1. The lowest BCUT2D eigenvalue weighted by Gasteiger charge is -2.13. The Morgan fingerprint density at radius 1 is 1.38 bits per heavy atom. The highest BCUT2D eigenvalue weighted by molar-refractivity contribution is 5.92. The van der Waals surface area contributed by atoms with Crippen molar-refractivity contribution in [2.75, 3.05) is 0 Å². The van der Waals surface area contributed by atoms with Gasteiger partial charge in [0.25, 0.3) is 5.91 Å². The summed E-state index contributed by atoms with van der Waals surface area (Å²) in [5.74, 6) is -0.235. The van der Waals surface area contributed by atoms with Gasteiger partial charge < -0.3 is 16.8 Å². The third-order valence-corrected chi connectivity index (χ3v) is 2.16. The van der Waals surface area contributed by atoms with Gasteiger partial charge in [-0.05, 0) is 32.4 Å². The van der Waals surface area contributed by atoms with Crippen LogP contribution in [0.15, 0.2) is 23.5 Å². The number of amides is 1. The molecule has 1 atom stereocenters. The number of hydrogen-bond acceptors (Lipinski definition) is 3. The quantitative estimate of drug-likeness (QED) is 0.472.